The lowest BCUT2D eigenvalue weighted by Gasteiger charge is -2.10. The van der Waals surface area contributed by atoms with Crippen molar-refractivity contribution in [2.45, 2.75) is 27.7 Å². The SMILES string of the molecule is CCOC(=O)/C=C(/C)Nc1cc(C)ccc1C. The number of rotatable bonds is 4. The first-order valence-corrected chi connectivity index (χ1v) is 5.72. The number of hydrogen-bond acceptors (Lipinski definition) is 3. The molecule has 0 aromatic heterocycles. The van der Waals surface area contributed by atoms with E-state index in [-0.39, 0.29) is 5.97 Å². The molecule has 0 fully saturated rings. The summed E-state index contributed by atoms with van der Waals surface area (Å²) in [6.45, 7) is 8.10. The first kappa shape index (κ1) is 13.3. The molecule has 0 amide bonds. The van der Waals surface area contributed by atoms with Gasteiger partial charge in [0.25, 0.3) is 0 Å². The van der Waals surface area contributed by atoms with E-state index in [2.05, 4.69) is 23.5 Å². The molecule has 0 spiro atoms. The molecule has 0 aliphatic rings. The Labute approximate surface area is 102 Å². The number of allylic oxidation sites excluding steroid dienone is 1. The van der Waals surface area contributed by atoms with Crippen molar-refractivity contribution < 1.29 is 9.53 Å². The molecule has 0 unspecified atom stereocenters. The summed E-state index contributed by atoms with van der Waals surface area (Å²) in [5.74, 6) is -0.317. The standard InChI is InChI=1S/C14H19NO2/c1-5-17-14(16)9-12(4)15-13-8-10(2)6-7-11(13)3/h6-9,15H,5H2,1-4H3/b12-9-. The van der Waals surface area contributed by atoms with Gasteiger partial charge in [0.2, 0.25) is 0 Å². The normalized spacial score (nSPS) is 11.2. The predicted octanol–water partition coefficient (Wildman–Crippen LogP) is 3.18. The van der Waals surface area contributed by atoms with Gasteiger partial charge in [0.15, 0.2) is 0 Å². The minimum absolute atomic E-state index is 0.317. The zero-order valence-corrected chi connectivity index (χ0v) is 10.8. The Morgan fingerprint density at radius 2 is 2.12 bits per heavy atom. The largest absolute Gasteiger partial charge is 0.463 e. The lowest BCUT2D eigenvalue weighted by Crippen LogP contribution is -2.05. The molecular weight excluding hydrogens is 214 g/mol. The Morgan fingerprint density at radius 3 is 2.76 bits per heavy atom. The number of carbonyl (C=O) groups is 1. The van der Waals surface area contributed by atoms with Crippen molar-refractivity contribution in [3.05, 3.63) is 41.1 Å². The molecule has 1 N–H and O–H groups in total. The van der Waals surface area contributed by atoms with Gasteiger partial charge < -0.3 is 10.1 Å². The second kappa shape index (κ2) is 6.09. The second-order valence-corrected chi connectivity index (χ2v) is 4.02. The highest BCUT2D eigenvalue weighted by atomic mass is 16.5. The van der Waals surface area contributed by atoms with Crippen molar-refractivity contribution in [3.63, 3.8) is 0 Å². The van der Waals surface area contributed by atoms with E-state index < -0.39 is 0 Å². The third-order valence-electron chi connectivity index (χ3n) is 2.35. The Kier molecular flexibility index (Phi) is 4.76. The van der Waals surface area contributed by atoms with Crippen LogP contribution in [0.5, 0.6) is 0 Å². The monoisotopic (exact) mass is 233 g/mol. The highest BCUT2D eigenvalue weighted by Crippen LogP contribution is 2.18. The summed E-state index contributed by atoms with van der Waals surface area (Å²) in [5, 5.41) is 3.20. The van der Waals surface area contributed by atoms with Crippen LogP contribution in [0.4, 0.5) is 5.69 Å². The number of esters is 1. The van der Waals surface area contributed by atoms with Gasteiger partial charge in [0.1, 0.15) is 0 Å². The zero-order chi connectivity index (χ0) is 12.8. The van der Waals surface area contributed by atoms with Gasteiger partial charge in [-0.3, -0.25) is 0 Å². The number of aryl methyl sites for hydroxylation is 2. The van der Waals surface area contributed by atoms with Crippen LogP contribution in [0, 0.1) is 13.8 Å². The summed E-state index contributed by atoms with van der Waals surface area (Å²) < 4.78 is 4.85. The Morgan fingerprint density at radius 1 is 1.41 bits per heavy atom. The number of anilines is 1. The second-order valence-electron chi connectivity index (χ2n) is 4.02. The van der Waals surface area contributed by atoms with Crippen LogP contribution in [0.2, 0.25) is 0 Å². The summed E-state index contributed by atoms with van der Waals surface area (Å²) in [7, 11) is 0. The maximum atomic E-state index is 11.3. The van der Waals surface area contributed by atoms with Gasteiger partial charge >= 0.3 is 5.97 Å². The first-order valence-electron chi connectivity index (χ1n) is 5.72. The molecule has 1 rings (SSSR count). The molecule has 1 aromatic carbocycles. The highest BCUT2D eigenvalue weighted by molar-refractivity contribution is 5.83. The van der Waals surface area contributed by atoms with Gasteiger partial charge in [0, 0.05) is 17.5 Å². The number of benzene rings is 1. The van der Waals surface area contributed by atoms with Crippen molar-refractivity contribution in [2.24, 2.45) is 0 Å². The molecule has 17 heavy (non-hydrogen) atoms. The number of carbonyl (C=O) groups excluding carboxylic acids is 1. The summed E-state index contributed by atoms with van der Waals surface area (Å²) in [4.78, 5) is 11.3. The third-order valence-corrected chi connectivity index (χ3v) is 2.35. The fourth-order valence-corrected chi connectivity index (χ4v) is 1.48. The van der Waals surface area contributed by atoms with Crippen LogP contribution in [-0.4, -0.2) is 12.6 Å². The molecule has 0 saturated heterocycles. The average molecular weight is 233 g/mol. The Bertz CT molecular complexity index is 436. The molecular formula is C14H19NO2. The van der Waals surface area contributed by atoms with Gasteiger partial charge in [-0.25, -0.2) is 4.79 Å². The summed E-state index contributed by atoms with van der Waals surface area (Å²) in [5.41, 5.74) is 4.12. The molecule has 0 saturated carbocycles. The maximum Gasteiger partial charge on any atom is 0.332 e. The molecule has 3 nitrogen and oxygen atoms in total. The summed E-state index contributed by atoms with van der Waals surface area (Å²) >= 11 is 0. The quantitative estimate of drug-likeness (QED) is 0.641. The van der Waals surface area contributed by atoms with Crippen molar-refractivity contribution in [2.75, 3.05) is 11.9 Å². The summed E-state index contributed by atoms with van der Waals surface area (Å²) in [6, 6.07) is 6.16. The van der Waals surface area contributed by atoms with Crippen molar-refractivity contribution >= 4 is 11.7 Å². The van der Waals surface area contributed by atoms with Crippen LogP contribution in [0.3, 0.4) is 0 Å². The molecule has 0 atom stereocenters. The topological polar surface area (TPSA) is 38.3 Å². The zero-order valence-electron chi connectivity index (χ0n) is 10.8. The van der Waals surface area contributed by atoms with Crippen molar-refractivity contribution in [1.29, 1.82) is 0 Å². The maximum absolute atomic E-state index is 11.3. The third kappa shape index (κ3) is 4.31. The van der Waals surface area contributed by atoms with Gasteiger partial charge in [-0.1, -0.05) is 12.1 Å². The van der Waals surface area contributed by atoms with Gasteiger partial charge in [-0.2, -0.15) is 0 Å². The Hall–Kier alpha value is -1.77. The highest BCUT2D eigenvalue weighted by Gasteiger charge is 2.01. The van der Waals surface area contributed by atoms with E-state index in [0.29, 0.717) is 6.61 Å². The Balaban J connectivity index is 2.77. The van der Waals surface area contributed by atoms with E-state index >= 15 is 0 Å². The van der Waals surface area contributed by atoms with Gasteiger partial charge in [-0.05, 0) is 44.9 Å². The molecule has 1 aromatic rings. The number of nitrogens with one attached hydrogen (secondary N) is 1. The lowest BCUT2D eigenvalue weighted by molar-refractivity contribution is -0.137. The lowest BCUT2D eigenvalue weighted by atomic mass is 10.1. The molecule has 92 valence electrons. The van der Waals surface area contributed by atoms with Crippen LogP contribution in [0.15, 0.2) is 30.0 Å². The fraction of sp³-hybridized carbons (Fsp3) is 0.357. The molecule has 0 aliphatic carbocycles. The van der Waals surface area contributed by atoms with Gasteiger partial charge in [-0.15, -0.1) is 0 Å². The van der Waals surface area contributed by atoms with E-state index in [1.807, 2.05) is 20.8 Å². The first-order chi connectivity index (χ1) is 8.02. The van der Waals surface area contributed by atoms with E-state index in [0.717, 1.165) is 16.9 Å². The van der Waals surface area contributed by atoms with Crippen LogP contribution in [0.1, 0.15) is 25.0 Å². The predicted molar refractivity (Wildman–Crippen MR) is 69.9 cm³/mol. The molecule has 0 radical (unpaired) electrons. The number of ether oxygens (including phenoxy) is 1. The molecule has 3 heteroatoms. The van der Waals surface area contributed by atoms with Gasteiger partial charge in [0.05, 0.1) is 6.61 Å². The summed E-state index contributed by atoms with van der Waals surface area (Å²) in [6.07, 6.45) is 1.46. The van der Waals surface area contributed by atoms with Crippen molar-refractivity contribution in [1.82, 2.24) is 0 Å². The van der Waals surface area contributed by atoms with E-state index in [1.165, 1.54) is 11.6 Å². The molecule has 0 bridgehead atoms. The number of hydrogen-bond donors (Lipinski definition) is 1. The van der Waals surface area contributed by atoms with Crippen LogP contribution >= 0.6 is 0 Å². The minimum atomic E-state index is -0.317. The van der Waals surface area contributed by atoms with Crippen molar-refractivity contribution in [3.8, 4) is 0 Å². The van der Waals surface area contributed by atoms with E-state index in [9.17, 15) is 4.79 Å². The fourth-order valence-electron chi connectivity index (χ4n) is 1.48. The molecule has 0 heterocycles. The van der Waals surface area contributed by atoms with E-state index in [4.69, 9.17) is 4.74 Å². The smallest absolute Gasteiger partial charge is 0.332 e. The average Bonchev–Trinajstić information content (AvgIpc) is 2.23. The molecule has 0 aliphatic heterocycles. The van der Waals surface area contributed by atoms with E-state index in [1.54, 1.807) is 6.92 Å². The van der Waals surface area contributed by atoms with Crippen LogP contribution in [0.25, 0.3) is 0 Å². The van der Waals surface area contributed by atoms with Crippen LogP contribution in [-0.2, 0) is 9.53 Å². The minimum Gasteiger partial charge on any atom is -0.463 e. The van der Waals surface area contributed by atoms with Crippen LogP contribution < -0.4 is 5.32 Å².